The average Bonchev–Trinajstić information content (AvgIpc) is 2.54. The van der Waals surface area contributed by atoms with Crippen LogP contribution in [0.2, 0.25) is 0 Å². The number of hydrogen-bond acceptors (Lipinski definition) is 3. The van der Waals surface area contributed by atoms with Gasteiger partial charge in [0.25, 0.3) is 5.91 Å². The molecule has 5 heteroatoms. The Hall–Kier alpha value is -2.66. The lowest BCUT2D eigenvalue weighted by atomic mass is 10.1. The van der Waals surface area contributed by atoms with Crippen molar-refractivity contribution >= 4 is 17.5 Å². The molecule has 0 atom stereocenters. The van der Waals surface area contributed by atoms with Gasteiger partial charge in [-0.3, -0.25) is 14.5 Å². The van der Waals surface area contributed by atoms with Crippen LogP contribution in [0.15, 0.2) is 54.6 Å². The topological polar surface area (TPSA) is 75.4 Å². The van der Waals surface area contributed by atoms with Gasteiger partial charge in [-0.05, 0) is 35.7 Å². The van der Waals surface area contributed by atoms with Gasteiger partial charge in [-0.2, -0.15) is 0 Å². The Morgan fingerprint density at radius 2 is 1.80 bits per heavy atom. The Labute approximate surface area is 148 Å². The van der Waals surface area contributed by atoms with E-state index in [0.29, 0.717) is 18.0 Å². The third-order valence-electron chi connectivity index (χ3n) is 3.63. The lowest BCUT2D eigenvalue weighted by Crippen LogP contribution is -2.35. The largest absolute Gasteiger partial charge is 0.369 e. The minimum absolute atomic E-state index is 0.154. The summed E-state index contributed by atoms with van der Waals surface area (Å²) in [4.78, 5) is 25.7. The van der Waals surface area contributed by atoms with E-state index in [1.54, 1.807) is 6.07 Å². The molecule has 0 aliphatic heterocycles. The van der Waals surface area contributed by atoms with Crippen LogP contribution in [0.4, 0.5) is 5.69 Å². The molecule has 3 N–H and O–H groups in total. The van der Waals surface area contributed by atoms with Crippen LogP contribution in [-0.4, -0.2) is 29.8 Å². The van der Waals surface area contributed by atoms with E-state index < -0.39 is 0 Å². The number of carbonyl (C=O) groups is 2. The number of para-hydroxylation sites is 1. The smallest absolute Gasteiger partial charge is 0.255 e. The number of nitrogens with two attached hydrogens (primary N) is 1. The van der Waals surface area contributed by atoms with E-state index in [-0.39, 0.29) is 18.4 Å². The van der Waals surface area contributed by atoms with E-state index >= 15 is 0 Å². The van der Waals surface area contributed by atoms with Crippen LogP contribution < -0.4 is 11.1 Å². The molecule has 25 heavy (non-hydrogen) atoms. The Morgan fingerprint density at radius 3 is 2.44 bits per heavy atom. The molecule has 2 amide bonds. The van der Waals surface area contributed by atoms with Crippen molar-refractivity contribution in [1.82, 2.24) is 4.90 Å². The molecule has 0 heterocycles. The van der Waals surface area contributed by atoms with Gasteiger partial charge in [0.1, 0.15) is 0 Å². The summed E-state index contributed by atoms with van der Waals surface area (Å²) >= 11 is 0. The molecule has 0 saturated carbocycles. The zero-order chi connectivity index (χ0) is 18.2. The van der Waals surface area contributed by atoms with Gasteiger partial charge >= 0.3 is 0 Å². The molecular formula is C20H25N3O2. The lowest BCUT2D eigenvalue weighted by molar-refractivity contribution is -0.119. The highest BCUT2D eigenvalue weighted by molar-refractivity contribution is 6.04. The van der Waals surface area contributed by atoms with Gasteiger partial charge in [-0.25, -0.2) is 0 Å². The first-order valence-electron chi connectivity index (χ1n) is 8.40. The first-order chi connectivity index (χ1) is 11.9. The van der Waals surface area contributed by atoms with E-state index in [0.717, 1.165) is 17.8 Å². The normalized spacial score (nSPS) is 10.9. The van der Waals surface area contributed by atoms with Crippen molar-refractivity contribution < 1.29 is 9.59 Å². The van der Waals surface area contributed by atoms with Crippen molar-refractivity contribution in [2.24, 2.45) is 11.7 Å². The molecule has 5 nitrogen and oxygen atoms in total. The quantitative estimate of drug-likeness (QED) is 0.776. The van der Waals surface area contributed by atoms with E-state index in [2.05, 4.69) is 19.2 Å². The van der Waals surface area contributed by atoms with Crippen molar-refractivity contribution in [3.63, 3.8) is 0 Å². The Morgan fingerprint density at radius 1 is 1.08 bits per heavy atom. The number of carbonyl (C=O) groups excluding carboxylic acids is 2. The van der Waals surface area contributed by atoms with Gasteiger partial charge in [-0.1, -0.05) is 44.2 Å². The zero-order valence-corrected chi connectivity index (χ0v) is 14.7. The van der Waals surface area contributed by atoms with E-state index in [9.17, 15) is 9.59 Å². The molecular weight excluding hydrogens is 314 g/mol. The number of primary amides is 1. The highest BCUT2D eigenvalue weighted by Gasteiger charge is 2.13. The number of benzene rings is 2. The molecule has 2 rings (SSSR count). The standard InChI is InChI=1S/C20H25N3O2/c1-15(2)12-23(14-19(21)24)13-16-7-6-8-17(11-16)20(25)22-18-9-4-3-5-10-18/h3-11,15H,12-14H2,1-2H3,(H2,21,24)(H,22,25). The SMILES string of the molecule is CC(C)CN(CC(N)=O)Cc1cccc(C(=O)Nc2ccccc2)c1. The molecule has 0 fully saturated rings. The number of anilines is 1. The molecule has 0 unspecified atom stereocenters. The van der Waals surface area contributed by atoms with Crippen molar-refractivity contribution in [3.05, 3.63) is 65.7 Å². The predicted molar refractivity (Wildman–Crippen MR) is 100 cm³/mol. The van der Waals surface area contributed by atoms with Crippen molar-refractivity contribution in [2.45, 2.75) is 20.4 Å². The molecule has 0 aliphatic rings. The minimum Gasteiger partial charge on any atom is -0.369 e. The molecule has 0 aliphatic carbocycles. The number of nitrogens with one attached hydrogen (secondary N) is 1. The summed E-state index contributed by atoms with van der Waals surface area (Å²) in [6.45, 7) is 5.74. The van der Waals surface area contributed by atoms with Gasteiger partial charge in [0.05, 0.1) is 6.54 Å². The fraction of sp³-hybridized carbons (Fsp3) is 0.300. The summed E-state index contributed by atoms with van der Waals surface area (Å²) in [6.07, 6.45) is 0. The molecule has 2 aromatic rings. The summed E-state index contributed by atoms with van der Waals surface area (Å²) in [5.41, 5.74) is 7.66. The molecule has 0 aromatic heterocycles. The summed E-state index contributed by atoms with van der Waals surface area (Å²) in [7, 11) is 0. The summed E-state index contributed by atoms with van der Waals surface area (Å²) in [5, 5.41) is 2.88. The summed E-state index contributed by atoms with van der Waals surface area (Å²) in [5.74, 6) is -0.0825. The van der Waals surface area contributed by atoms with Gasteiger partial charge < -0.3 is 11.1 Å². The van der Waals surface area contributed by atoms with Crippen LogP contribution in [0.1, 0.15) is 29.8 Å². The van der Waals surface area contributed by atoms with Crippen LogP contribution in [0.25, 0.3) is 0 Å². The average molecular weight is 339 g/mol. The molecule has 0 spiro atoms. The molecule has 0 bridgehead atoms. The highest BCUT2D eigenvalue weighted by Crippen LogP contribution is 2.13. The van der Waals surface area contributed by atoms with Crippen LogP contribution in [0, 0.1) is 5.92 Å². The third kappa shape index (κ3) is 6.39. The summed E-state index contributed by atoms with van der Waals surface area (Å²) in [6, 6.07) is 16.8. The number of nitrogens with zero attached hydrogens (tertiary/aromatic N) is 1. The molecule has 0 radical (unpaired) electrons. The maximum atomic E-state index is 12.4. The van der Waals surface area contributed by atoms with Crippen LogP contribution >= 0.6 is 0 Å². The highest BCUT2D eigenvalue weighted by atomic mass is 16.2. The number of hydrogen-bond donors (Lipinski definition) is 2. The first kappa shape index (κ1) is 18.7. The second kappa shape index (κ2) is 8.99. The zero-order valence-electron chi connectivity index (χ0n) is 14.7. The Bertz CT molecular complexity index is 714. The maximum absolute atomic E-state index is 12.4. The molecule has 2 aromatic carbocycles. The molecule has 132 valence electrons. The Kier molecular flexibility index (Phi) is 6.71. The second-order valence-electron chi connectivity index (χ2n) is 6.55. The fourth-order valence-electron chi connectivity index (χ4n) is 2.72. The van der Waals surface area contributed by atoms with E-state index in [1.807, 2.05) is 53.4 Å². The minimum atomic E-state index is -0.348. The van der Waals surface area contributed by atoms with Crippen molar-refractivity contribution in [2.75, 3.05) is 18.4 Å². The molecule has 0 saturated heterocycles. The Balaban J connectivity index is 2.08. The predicted octanol–water partition coefficient (Wildman–Crippen LogP) is 2.88. The lowest BCUT2D eigenvalue weighted by Gasteiger charge is -2.23. The van der Waals surface area contributed by atoms with Crippen LogP contribution in [-0.2, 0) is 11.3 Å². The van der Waals surface area contributed by atoms with Gasteiger partial charge in [0, 0.05) is 24.3 Å². The van der Waals surface area contributed by atoms with Crippen LogP contribution in [0.3, 0.4) is 0 Å². The summed E-state index contributed by atoms with van der Waals surface area (Å²) < 4.78 is 0. The van der Waals surface area contributed by atoms with Gasteiger partial charge in [0.15, 0.2) is 0 Å². The third-order valence-corrected chi connectivity index (χ3v) is 3.63. The van der Waals surface area contributed by atoms with Gasteiger partial charge in [0.2, 0.25) is 5.91 Å². The van der Waals surface area contributed by atoms with Crippen LogP contribution in [0.5, 0.6) is 0 Å². The first-order valence-corrected chi connectivity index (χ1v) is 8.40. The maximum Gasteiger partial charge on any atom is 0.255 e. The van der Waals surface area contributed by atoms with E-state index in [4.69, 9.17) is 5.73 Å². The number of rotatable bonds is 8. The van der Waals surface area contributed by atoms with Crippen molar-refractivity contribution in [3.8, 4) is 0 Å². The monoisotopic (exact) mass is 339 g/mol. The van der Waals surface area contributed by atoms with Gasteiger partial charge in [-0.15, -0.1) is 0 Å². The number of amides is 2. The fourth-order valence-corrected chi connectivity index (χ4v) is 2.72. The second-order valence-corrected chi connectivity index (χ2v) is 6.55. The van der Waals surface area contributed by atoms with Crippen molar-refractivity contribution in [1.29, 1.82) is 0 Å². The van der Waals surface area contributed by atoms with E-state index in [1.165, 1.54) is 0 Å².